The Morgan fingerprint density at radius 2 is 2.16 bits per heavy atom. The van der Waals surface area contributed by atoms with Gasteiger partial charge in [0, 0.05) is 11.6 Å². The summed E-state index contributed by atoms with van der Waals surface area (Å²) in [4.78, 5) is 10.9. The molecule has 0 bridgehead atoms. The van der Waals surface area contributed by atoms with Gasteiger partial charge in [0.15, 0.2) is 0 Å². The predicted octanol–water partition coefficient (Wildman–Crippen LogP) is 2.07. The molecule has 5 nitrogen and oxygen atoms in total. The van der Waals surface area contributed by atoms with Crippen LogP contribution in [0.5, 0.6) is 0 Å². The summed E-state index contributed by atoms with van der Waals surface area (Å²) >= 11 is 0. The summed E-state index contributed by atoms with van der Waals surface area (Å²) in [6.07, 6.45) is 4.81. The number of nitrogens with one attached hydrogen (secondary N) is 1. The molecule has 1 fully saturated rings. The summed E-state index contributed by atoms with van der Waals surface area (Å²) in [5.74, 6) is -0.442. The van der Waals surface area contributed by atoms with Crippen molar-refractivity contribution in [2.24, 2.45) is 0 Å². The van der Waals surface area contributed by atoms with Crippen molar-refractivity contribution in [1.82, 2.24) is 5.32 Å². The summed E-state index contributed by atoms with van der Waals surface area (Å²) in [5.41, 5.74) is 0.630. The van der Waals surface area contributed by atoms with Gasteiger partial charge in [-0.1, -0.05) is 19.3 Å². The van der Waals surface area contributed by atoms with Gasteiger partial charge in [0.05, 0.1) is 12.6 Å². The van der Waals surface area contributed by atoms with Crippen molar-refractivity contribution in [3.05, 3.63) is 23.2 Å². The lowest BCUT2D eigenvalue weighted by Crippen LogP contribution is -2.38. The van der Waals surface area contributed by atoms with Crippen molar-refractivity contribution >= 4 is 5.97 Å². The van der Waals surface area contributed by atoms with E-state index in [0.29, 0.717) is 17.9 Å². The summed E-state index contributed by atoms with van der Waals surface area (Å²) in [6.45, 7) is 2.17. The van der Waals surface area contributed by atoms with Crippen molar-refractivity contribution in [3.63, 3.8) is 0 Å². The first kappa shape index (κ1) is 14.1. The number of aryl methyl sites for hydroxylation is 1. The minimum Gasteiger partial charge on any atom is -0.475 e. The quantitative estimate of drug-likeness (QED) is 0.727. The minimum absolute atomic E-state index is 0.00165. The highest BCUT2D eigenvalue weighted by Gasteiger charge is 2.22. The van der Waals surface area contributed by atoms with Crippen molar-refractivity contribution in [3.8, 4) is 0 Å². The highest BCUT2D eigenvalue weighted by Crippen LogP contribution is 2.19. The van der Waals surface area contributed by atoms with Gasteiger partial charge in [0.1, 0.15) is 5.76 Å². The molecule has 19 heavy (non-hydrogen) atoms. The van der Waals surface area contributed by atoms with Crippen LogP contribution in [0.1, 0.15) is 54.0 Å². The van der Waals surface area contributed by atoms with E-state index in [4.69, 9.17) is 9.52 Å². The van der Waals surface area contributed by atoms with Crippen molar-refractivity contribution in [2.45, 2.75) is 57.7 Å². The number of aliphatic hydroxyl groups is 1. The molecule has 0 saturated heterocycles. The van der Waals surface area contributed by atoms with E-state index in [1.54, 1.807) is 13.0 Å². The molecule has 2 atom stereocenters. The summed E-state index contributed by atoms with van der Waals surface area (Å²) < 4.78 is 5.29. The zero-order valence-electron chi connectivity index (χ0n) is 11.2. The maximum Gasteiger partial charge on any atom is 0.372 e. The molecule has 1 aliphatic carbocycles. The Balaban J connectivity index is 1.94. The fraction of sp³-hybridized carbons (Fsp3) is 0.643. The lowest BCUT2D eigenvalue weighted by atomic mass is 10.1. The molecular weight excluding hydrogens is 246 g/mol. The number of aliphatic hydroxyl groups excluding tert-OH is 1. The Labute approximate surface area is 112 Å². The van der Waals surface area contributed by atoms with Crippen molar-refractivity contribution in [2.75, 3.05) is 0 Å². The second-order valence-corrected chi connectivity index (χ2v) is 5.22. The van der Waals surface area contributed by atoms with E-state index in [1.165, 1.54) is 0 Å². The Kier molecular flexibility index (Phi) is 4.61. The van der Waals surface area contributed by atoms with Gasteiger partial charge in [-0.25, -0.2) is 4.79 Å². The standard InChI is InChI=1S/C14H21NO4/c1-9-7-10(19-13(9)14(17)18)8-15-11-5-3-2-4-6-12(11)16/h7,11-12,15-16H,2-6,8H2,1H3,(H,17,18). The second kappa shape index (κ2) is 6.21. The van der Waals surface area contributed by atoms with Crippen LogP contribution in [0.2, 0.25) is 0 Å². The first-order chi connectivity index (χ1) is 9.08. The third-order valence-corrected chi connectivity index (χ3v) is 3.68. The third kappa shape index (κ3) is 3.58. The fourth-order valence-electron chi connectivity index (χ4n) is 2.61. The van der Waals surface area contributed by atoms with Gasteiger partial charge < -0.3 is 19.9 Å². The smallest absolute Gasteiger partial charge is 0.372 e. The third-order valence-electron chi connectivity index (χ3n) is 3.68. The van der Waals surface area contributed by atoms with E-state index in [1.807, 2.05) is 0 Å². The summed E-state index contributed by atoms with van der Waals surface area (Å²) in [7, 11) is 0. The zero-order chi connectivity index (χ0) is 13.8. The number of rotatable bonds is 4. The Morgan fingerprint density at radius 3 is 2.84 bits per heavy atom. The largest absolute Gasteiger partial charge is 0.475 e. The molecule has 1 aliphatic rings. The van der Waals surface area contributed by atoms with Crippen LogP contribution in [0.25, 0.3) is 0 Å². The average Bonchev–Trinajstić information content (AvgIpc) is 2.61. The molecule has 1 aromatic rings. The maximum absolute atomic E-state index is 10.9. The van der Waals surface area contributed by atoms with E-state index < -0.39 is 5.97 Å². The van der Waals surface area contributed by atoms with Gasteiger partial charge in [-0.3, -0.25) is 0 Å². The van der Waals surface area contributed by atoms with Crippen LogP contribution in [-0.2, 0) is 6.54 Å². The van der Waals surface area contributed by atoms with Gasteiger partial charge in [-0.15, -0.1) is 0 Å². The van der Waals surface area contributed by atoms with Crippen LogP contribution in [0, 0.1) is 6.92 Å². The maximum atomic E-state index is 10.9. The molecule has 2 rings (SSSR count). The second-order valence-electron chi connectivity index (χ2n) is 5.22. The molecule has 1 heterocycles. The molecule has 0 spiro atoms. The number of carboxylic acids is 1. The van der Waals surface area contributed by atoms with Gasteiger partial charge in [-0.2, -0.15) is 0 Å². The summed E-state index contributed by atoms with van der Waals surface area (Å²) in [5, 5.41) is 22.2. The van der Waals surface area contributed by atoms with E-state index in [-0.39, 0.29) is 17.9 Å². The average molecular weight is 267 g/mol. The van der Waals surface area contributed by atoms with Crippen molar-refractivity contribution < 1.29 is 19.4 Å². The number of hydrogen-bond donors (Lipinski definition) is 3. The summed E-state index contributed by atoms with van der Waals surface area (Å²) in [6, 6.07) is 1.81. The van der Waals surface area contributed by atoms with E-state index >= 15 is 0 Å². The molecule has 106 valence electrons. The number of aromatic carboxylic acids is 1. The monoisotopic (exact) mass is 267 g/mol. The van der Waals surface area contributed by atoms with E-state index in [2.05, 4.69) is 5.32 Å². The topological polar surface area (TPSA) is 82.7 Å². The molecule has 1 aromatic heterocycles. The molecular formula is C14H21NO4. The van der Waals surface area contributed by atoms with Crippen LogP contribution in [-0.4, -0.2) is 28.3 Å². The van der Waals surface area contributed by atoms with E-state index in [0.717, 1.165) is 32.1 Å². The Hall–Kier alpha value is -1.33. The van der Waals surface area contributed by atoms with Crippen LogP contribution >= 0.6 is 0 Å². The van der Waals surface area contributed by atoms with Crippen LogP contribution in [0.3, 0.4) is 0 Å². The Morgan fingerprint density at radius 1 is 1.42 bits per heavy atom. The predicted molar refractivity (Wildman–Crippen MR) is 70.1 cm³/mol. The molecule has 2 unspecified atom stereocenters. The van der Waals surface area contributed by atoms with Gasteiger partial charge in [0.25, 0.3) is 0 Å². The number of furan rings is 1. The number of hydrogen-bond acceptors (Lipinski definition) is 4. The molecule has 0 aliphatic heterocycles. The Bertz CT molecular complexity index is 441. The van der Waals surface area contributed by atoms with Crippen LogP contribution < -0.4 is 5.32 Å². The van der Waals surface area contributed by atoms with Crippen LogP contribution in [0.15, 0.2) is 10.5 Å². The van der Waals surface area contributed by atoms with Gasteiger partial charge >= 0.3 is 5.97 Å². The zero-order valence-corrected chi connectivity index (χ0v) is 11.2. The lowest BCUT2D eigenvalue weighted by molar-refractivity contribution is 0.0658. The normalized spacial score (nSPS) is 24.1. The number of carbonyl (C=O) groups is 1. The SMILES string of the molecule is Cc1cc(CNC2CCCCCC2O)oc1C(=O)O. The highest BCUT2D eigenvalue weighted by molar-refractivity contribution is 5.86. The molecule has 0 radical (unpaired) electrons. The fourth-order valence-corrected chi connectivity index (χ4v) is 2.61. The van der Waals surface area contributed by atoms with Crippen molar-refractivity contribution in [1.29, 1.82) is 0 Å². The van der Waals surface area contributed by atoms with E-state index in [9.17, 15) is 9.90 Å². The highest BCUT2D eigenvalue weighted by atomic mass is 16.4. The number of carboxylic acid groups (broad SMARTS) is 1. The lowest BCUT2D eigenvalue weighted by Gasteiger charge is -2.21. The first-order valence-corrected chi connectivity index (χ1v) is 6.82. The molecule has 0 aromatic carbocycles. The van der Waals surface area contributed by atoms with Crippen LogP contribution in [0.4, 0.5) is 0 Å². The molecule has 1 saturated carbocycles. The van der Waals surface area contributed by atoms with Gasteiger partial charge in [-0.05, 0) is 25.8 Å². The first-order valence-electron chi connectivity index (χ1n) is 6.82. The molecule has 5 heteroatoms. The molecule has 3 N–H and O–H groups in total. The minimum atomic E-state index is -1.04. The molecule has 0 amide bonds. The van der Waals surface area contributed by atoms with Gasteiger partial charge in [0.2, 0.25) is 5.76 Å².